The molecule has 3 heterocycles. The fourth-order valence-electron chi connectivity index (χ4n) is 3.48. The summed E-state index contributed by atoms with van der Waals surface area (Å²) in [6.45, 7) is 5.29. The maximum Gasteiger partial charge on any atom is 0.247 e. The Morgan fingerprint density at radius 2 is 1.94 bits per heavy atom. The second-order valence-electron chi connectivity index (χ2n) is 8.92. The summed E-state index contributed by atoms with van der Waals surface area (Å²) < 4.78 is 19.1. The topological polar surface area (TPSA) is 106 Å². The van der Waals surface area contributed by atoms with Crippen LogP contribution in [0, 0.1) is 5.82 Å². The van der Waals surface area contributed by atoms with Crippen molar-refractivity contribution in [1.29, 1.82) is 0 Å². The first-order chi connectivity index (χ1) is 16.7. The largest absolute Gasteiger partial charge is 0.467 e. The maximum absolute atomic E-state index is 13.7. The fraction of sp³-hybridized carbons (Fsp3) is 0.292. The zero-order valence-electron chi connectivity index (χ0n) is 19.5. The Hall–Kier alpha value is -3.86. The molecule has 4 rings (SSSR count). The minimum Gasteiger partial charge on any atom is -0.467 e. The molecule has 0 saturated heterocycles. The Morgan fingerprint density at radius 1 is 1.17 bits per heavy atom. The lowest BCUT2D eigenvalue weighted by Gasteiger charge is -2.33. The number of furan rings is 1. The number of aromatic nitrogens is 4. The van der Waals surface area contributed by atoms with E-state index in [1.165, 1.54) is 51.6 Å². The van der Waals surface area contributed by atoms with Crippen molar-refractivity contribution in [3.8, 4) is 10.7 Å². The zero-order chi connectivity index (χ0) is 25.0. The van der Waals surface area contributed by atoms with Crippen molar-refractivity contribution in [2.45, 2.75) is 45.4 Å². The molecule has 1 N–H and O–H groups in total. The van der Waals surface area contributed by atoms with Gasteiger partial charge in [-0.2, -0.15) is 4.80 Å². The van der Waals surface area contributed by atoms with E-state index >= 15 is 0 Å². The molecule has 0 spiro atoms. The van der Waals surface area contributed by atoms with Crippen LogP contribution in [0.15, 0.2) is 64.6 Å². The third kappa shape index (κ3) is 6.18. The highest BCUT2D eigenvalue weighted by atomic mass is 32.1. The van der Waals surface area contributed by atoms with E-state index in [1.54, 1.807) is 12.1 Å². The lowest BCUT2D eigenvalue weighted by molar-refractivity contribution is -0.143. The smallest absolute Gasteiger partial charge is 0.247 e. The van der Waals surface area contributed by atoms with Gasteiger partial charge >= 0.3 is 0 Å². The highest BCUT2D eigenvalue weighted by Gasteiger charge is 2.34. The van der Waals surface area contributed by atoms with Crippen LogP contribution in [0.1, 0.15) is 38.1 Å². The highest BCUT2D eigenvalue weighted by Crippen LogP contribution is 2.26. The standard InChI is InChI=1S/C24H25FN6O3S/c1-24(2,3)26-23(33)21(16-8-10-17(25)11-9-16)30(14-18-6-4-12-34-18)20(32)15-31-28-22(27-29-31)19-7-5-13-35-19/h4-13,21H,14-15H2,1-3H3,(H,26,33)/t21-/m0/s1. The average Bonchev–Trinajstić information content (AvgIpc) is 3.56. The first-order valence-corrected chi connectivity index (χ1v) is 11.8. The normalized spacial score (nSPS) is 12.3. The van der Waals surface area contributed by atoms with Gasteiger partial charge in [0.2, 0.25) is 17.6 Å². The number of thiophene rings is 1. The van der Waals surface area contributed by atoms with Gasteiger partial charge in [-0.25, -0.2) is 4.39 Å². The summed E-state index contributed by atoms with van der Waals surface area (Å²) in [4.78, 5) is 30.4. The van der Waals surface area contributed by atoms with E-state index in [4.69, 9.17) is 4.42 Å². The molecule has 0 aliphatic heterocycles. The van der Waals surface area contributed by atoms with Crippen LogP contribution < -0.4 is 5.32 Å². The van der Waals surface area contributed by atoms with Gasteiger partial charge < -0.3 is 14.6 Å². The third-order valence-electron chi connectivity index (χ3n) is 4.94. The van der Waals surface area contributed by atoms with Crippen LogP contribution in [0.25, 0.3) is 10.7 Å². The number of rotatable bonds is 8. The number of nitrogens with one attached hydrogen (secondary N) is 1. The Bertz CT molecular complexity index is 1260. The molecule has 4 aromatic rings. The van der Waals surface area contributed by atoms with E-state index in [2.05, 4.69) is 20.7 Å². The molecule has 0 fully saturated rings. The molecule has 0 aliphatic carbocycles. The van der Waals surface area contributed by atoms with E-state index in [0.717, 1.165) is 4.88 Å². The molecule has 0 radical (unpaired) electrons. The first-order valence-electron chi connectivity index (χ1n) is 10.9. The molecule has 2 amide bonds. The molecule has 1 aromatic carbocycles. The van der Waals surface area contributed by atoms with Crippen molar-refractivity contribution >= 4 is 23.2 Å². The number of nitrogens with zero attached hydrogens (tertiary/aromatic N) is 5. The highest BCUT2D eigenvalue weighted by molar-refractivity contribution is 7.13. The van der Waals surface area contributed by atoms with Gasteiger partial charge in [0.05, 0.1) is 17.7 Å². The van der Waals surface area contributed by atoms with Crippen molar-refractivity contribution in [2.24, 2.45) is 0 Å². The van der Waals surface area contributed by atoms with E-state index in [9.17, 15) is 14.0 Å². The second-order valence-corrected chi connectivity index (χ2v) is 9.86. The monoisotopic (exact) mass is 496 g/mol. The van der Waals surface area contributed by atoms with Crippen LogP contribution in [0.2, 0.25) is 0 Å². The van der Waals surface area contributed by atoms with E-state index in [-0.39, 0.29) is 13.1 Å². The molecule has 0 aliphatic rings. The number of benzene rings is 1. The first kappa shape index (κ1) is 24.3. The Labute approximate surface area is 205 Å². The molecule has 9 nitrogen and oxygen atoms in total. The minimum atomic E-state index is -1.05. The molecule has 0 unspecified atom stereocenters. The lowest BCUT2D eigenvalue weighted by atomic mass is 10.0. The number of halogens is 1. The van der Waals surface area contributed by atoms with Crippen LogP contribution in [-0.2, 0) is 22.7 Å². The third-order valence-corrected chi connectivity index (χ3v) is 5.81. The molecular weight excluding hydrogens is 471 g/mol. The second kappa shape index (κ2) is 10.2. The SMILES string of the molecule is CC(C)(C)NC(=O)[C@H](c1ccc(F)cc1)N(Cc1ccco1)C(=O)Cn1nnc(-c2cccs2)n1. The minimum absolute atomic E-state index is 0.0118. The van der Waals surface area contributed by atoms with Crippen LogP contribution in [0.4, 0.5) is 4.39 Å². The van der Waals surface area contributed by atoms with Crippen LogP contribution in [0.5, 0.6) is 0 Å². The van der Waals surface area contributed by atoms with Gasteiger partial charge in [0.25, 0.3) is 0 Å². The molecule has 11 heteroatoms. The van der Waals surface area contributed by atoms with Crippen molar-refractivity contribution in [3.63, 3.8) is 0 Å². The number of hydrogen-bond donors (Lipinski definition) is 1. The van der Waals surface area contributed by atoms with Gasteiger partial charge in [-0.1, -0.05) is 18.2 Å². The van der Waals surface area contributed by atoms with Gasteiger partial charge in [0, 0.05) is 5.54 Å². The summed E-state index contributed by atoms with van der Waals surface area (Å²) in [5, 5.41) is 17.2. The summed E-state index contributed by atoms with van der Waals surface area (Å²) in [6, 6.07) is 11.6. The zero-order valence-corrected chi connectivity index (χ0v) is 20.3. The van der Waals surface area contributed by atoms with Crippen molar-refractivity contribution in [2.75, 3.05) is 0 Å². The Kier molecular flexibility index (Phi) is 7.06. The molecular formula is C24H25FN6O3S. The molecule has 35 heavy (non-hydrogen) atoms. The van der Waals surface area contributed by atoms with E-state index < -0.39 is 29.2 Å². The Morgan fingerprint density at radius 3 is 2.57 bits per heavy atom. The predicted octanol–water partition coefficient (Wildman–Crippen LogP) is 3.82. The summed E-state index contributed by atoms with van der Waals surface area (Å²) in [5.74, 6) is -0.392. The lowest BCUT2D eigenvalue weighted by Crippen LogP contribution is -2.49. The van der Waals surface area contributed by atoms with Gasteiger partial charge in [-0.3, -0.25) is 9.59 Å². The molecule has 0 bridgehead atoms. The van der Waals surface area contributed by atoms with Gasteiger partial charge in [-0.05, 0) is 67.3 Å². The predicted molar refractivity (Wildman–Crippen MR) is 127 cm³/mol. The number of hydrogen-bond acceptors (Lipinski definition) is 7. The molecule has 1 atom stereocenters. The number of carbonyl (C=O) groups excluding carboxylic acids is 2. The van der Waals surface area contributed by atoms with Crippen LogP contribution >= 0.6 is 11.3 Å². The number of carbonyl (C=O) groups is 2. The molecule has 0 saturated carbocycles. The number of amides is 2. The Balaban J connectivity index is 1.68. The molecule has 3 aromatic heterocycles. The van der Waals surface area contributed by atoms with Crippen LogP contribution in [0.3, 0.4) is 0 Å². The van der Waals surface area contributed by atoms with Crippen LogP contribution in [-0.4, -0.2) is 42.5 Å². The summed E-state index contributed by atoms with van der Waals surface area (Å²) in [6.07, 6.45) is 1.49. The average molecular weight is 497 g/mol. The summed E-state index contributed by atoms with van der Waals surface area (Å²) >= 11 is 1.46. The maximum atomic E-state index is 13.7. The van der Waals surface area contributed by atoms with E-state index in [1.807, 2.05) is 38.3 Å². The summed E-state index contributed by atoms with van der Waals surface area (Å²) in [5.41, 5.74) is -0.100. The van der Waals surface area contributed by atoms with Gasteiger partial charge in [0.15, 0.2) is 0 Å². The van der Waals surface area contributed by atoms with Crippen molar-refractivity contribution < 1.29 is 18.4 Å². The van der Waals surface area contributed by atoms with Crippen molar-refractivity contribution in [3.05, 3.63) is 77.3 Å². The van der Waals surface area contributed by atoms with Gasteiger partial charge in [0.1, 0.15) is 24.2 Å². The quantitative estimate of drug-likeness (QED) is 0.398. The van der Waals surface area contributed by atoms with Crippen molar-refractivity contribution in [1.82, 2.24) is 30.4 Å². The van der Waals surface area contributed by atoms with E-state index in [0.29, 0.717) is 17.1 Å². The summed E-state index contributed by atoms with van der Waals surface area (Å²) in [7, 11) is 0. The fourth-order valence-corrected chi connectivity index (χ4v) is 4.12. The van der Waals surface area contributed by atoms with Gasteiger partial charge in [-0.15, -0.1) is 21.5 Å². The molecule has 182 valence electrons. The number of tetrazole rings is 1.